The number of carbonyl (C=O) groups is 2. The predicted octanol–water partition coefficient (Wildman–Crippen LogP) is 2.15. The molecule has 2 atom stereocenters. The summed E-state index contributed by atoms with van der Waals surface area (Å²) in [4.78, 5) is 25.8. The van der Waals surface area contributed by atoms with Gasteiger partial charge >= 0.3 is 5.97 Å². The van der Waals surface area contributed by atoms with Crippen LogP contribution in [-0.2, 0) is 14.3 Å². The molecule has 5 heteroatoms. The van der Waals surface area contributed by atoms with Crippen molar-refractivity contribution in [3.05, 3.63) is 0 Å². The van der Waals surface area contributed by atoms with Crippen LogP contribution in [0, 0.1) is 16.7 Å². The van der Waals surface area contributed by atoms with Crippen LogP contribution in [0.3, 0.4) is 0 Å². The van der Waals surface area contributed by atoms with Crippen LogP contribution in [0.5, 0.6) is 0 Å². The third-order valence-corrected chi connectivity index (χ3v) is 4.80. The van der Waals surface area contributed by atoms with E-state index in [2.05, 4.69) is 20.8 Å². The number of fused-ring (bicyclic) bond motifs is 1. The minimum atomic E-state index is -0.780. The molecule has 2 heterocycles. The molecule has 1 N–H and O–H groups in total. The van der Waals surface area contributed by atoms with E-state index in [9.17, 15) is 14.7 Å². The predicted molar refractivity (Wildman–Crippen MR) is 78.9 cm³/mol. The number of hydrogen-bond acceptors (Lipinski definition) is 3. The molecule has 2 aliphatic rings. The minimum Gasteiger partial charge on any atom is -0.481 e. The molecule has 2 rings (SSSR count). The first-order chi connectivity index (χ1) is 9.74. The van der Waals surface area contributed by atoms with Crippen LogP contribution in [0.15, 0.2) is 0 Å². The maximum atomic E-state index is 12.3. The number of likely N-dealkylation sites (tertiary alicyclic amines) is 1. The lowest BCUT2D eigenvalue weighted by Crippen LogP contribution is -2.45. The summed E-state index contributed by atoms with van der Waals surface area (Å²) in [6.45, 7) is 8.31. The molecular formula is C16H27NO4. The molecule has 0 aromatic rings. The van der Waals surface area contributed by atoms with E-state index in [0.29, 0.717) is 39.1 Å². The number of carboxylic acid groups (broad SMARTS) is 1. The van der Waals surface area contributed by atoms with Crippen LogP contribution >= 0.6 is 0 Å². The van der Waals surface area contributed by atoms with Crippen LogP contribution in [0.25, 0.3) is 0 Å². The molecule has 0 saturated carbocycles. The van der Waals surface area contributed by atoms with Crippen LogP contribution in [0.1, 0.15) is 46.5 Å². The van der Waals surface area contributed by atoms with Crippen molar-refractivity contribution in [2.24, 2.45) is 16.7 Å². The second-order valence-corrected chi connectivity index (χ2v) is 7.67. The van der Waals surface area contributed by atoms with Gasteiger partial charge in [-0.05, 0) is 24.7 Å². The van der Waals surface area contributed by atoms with Gasteiger partial charge in [0.15, 0.2) is 0 Å². The fourth-order valence-corrected chi connectivity index (χ4v) is 3.42. The van der Waals surface area contributed by atoms with E-state index in [1.165, 1.54) is 0 Å². The van der Waals surface area contributed by atoms with Gasteiger partial charge in [0.25, 0.3) is 0 Å². The quantitative estimate of drug-likeness (QED) is 0.863. The minimum absolute atomic E-state index is 0.0599. The zero-order chi connectivity index (χ0) is 15.7. The number of aliphatic carboxylic acids is 1. The van der Waals surface area contributed by atoms with Crippen molar-refractivity contribution < 1.29 is 19.4 Å². The van der Waals surface area contributed by atoms with Gasteiger partial charge in [0.2, 0.25) is 5.91 Å². The largest absolute Gasteiger partial charge is 0.481 e. The molecule has 0 aromatic heterocycles. The molecule has 0 aromatic carbocycles. The summed E-state index contributed by atoms with van der Waals surface area (Å²) >= 11 is 0. The van der Waals surface area contributed by atoms with Gasteiger partial charge in [-0.1, -0.05) is 20.8 Å². The highest BCUT2D eigenvalue weighted by Gasteiger charge is 2.54. The molecule has 0 unspecified atom stereocenters. The van der Waals surface area contributed by atoms with E-state index in [1.54, 1.807) is 4.90 Å². The normalized spacial score (nSPS) is 29.3. The number of nitrogens with zero attached hydrogens (tertiary/aromatic N) is 1. The van der Waals surface area contributed by atoms with Crippen molar-refractivity contribution in [2.45, 2.75) is 46.5 Å². The molecule has 1 amide bonds. The Kier molecular flexibility index (Phi) is 4.61. The summed E-state index contributed by atoms with van der Waals surface area (Å²) < 4.78 is 5.41. The molecule has 0 spiro atoms. The van der Waals surface area contributed by atoms with Crippen molar-refractivity contribution in [1.29, 1.82) is 0 Å². The van der Waals surface area contributed by atoms with Crippen LogP contribution in [-0.4, -0.2) is 48.2 Å². The van der Waals surface area contributed by atoms with E-state index in [4.69, 9.17) is 4.74 Å². The number of rotatable bonds is 4. The third-order valence-electron chi connectivity index (χ3n) is 4.80. The fourth-order valence-electron chi connectivity index (χ4n) is 3.42. The van der Waals surface area contributed by atoms with Gasteiger partial charge in [0.05, 0.1) is 12.0 Å². The zero-order valence-corrected chi connectivity index (χ0v) is 13.4. The molecule has 0 radical (unpaired) electrons. The Hall–Kier alpha value is -1.10. The molecule has 5 nitrogen and oxygen atoms in total. The molecule has 2 aliphatic heterocycles. The van der Waals surface area contributed by atoms with E-state index in [0.717, 1.165) is 12.8 Å². The molecule has 0 bridgehead atoms. The Balaban J connectivity index is 1.93. The molecule has 2 fully saturated rings. The Labute approximate surface area is 126 Å². The summed E-state index contributed by atoms with van der Waals surface area (Å²) in [5.74, 6) is -0.745. The summed E-state index contributed by atoms with van der Waals surface area (Å²) in [5.41, 5.74) is -0.548. The van der Waals surface area contributed by atoms with Gasteiger partial charge in [0, 0.05) is 32.0 Å². The lowest BCUT2D eigenvalue weighted by molar-refractivity contribution is -0.157. The number of amides is 1. The maximum absolute atomic E-state index is 12.3. The van der Waals surface area contributed by atoms with E-state index < -0.39 is 11.4 Å². The Morgan fingerprint density at radius 1 is 1.38 bits per heavy atom. The second kappa shape index (κ2) is 5.95. The first kappa shape index (κ1) is 16.3. The van der Waals surface area contributed by atoms with Crippen molar-refractivity contribution >= 4 is 11.9 Å². The van der Waals surface area contributed by atoms with Crippen molar-refractivity contribution in [3.8, 4) is 0 Å². The maximum Gasteiger partial charge on any atom is 0.311 e. The summed E-state index contributed by atoms with van der Waals surface area (Å²) in [6, 6.07) is 0. The average molecular weight is 297 g/mol. The van der Waals surface area contributed by atoms with Gasteiger partial charge in [-0.15, -0.1) is 0 Å². The Bertz CT molecular complexity index is 415. The van der Waals surface area contributed by atoms with E-state index >= 15 is 0 Å². The summed E-state index contributed by atoms with van der Waals surface area (Å²) in [7, 11) is 0. The van der Waals surface area contributed by atoms with E-state index in [1.807, 2.05) is 0 Å². The van der Waals surface area contributed by atoms with Crippen LogP contribution in [0.2, 0.25) is 0 Å². The fraction of sp³-hybridized carbons (Fsp3) is 0.875. The summed E-state index contributed by atoms with van der Waals surface area (Å²) in [5, 5.41) is 9.59. The van der Waals surface area contributed by atoms with Crippen molar-refractivity contribution in [2.75, 3.05) is 26.3 Å². The summed E-state index contributed by atoms with van der Waals surface area (Å²) in [6.07, 6.45) is 2.89. The highest BCUT2D eigenvalue weighted by Crippen LogP contribution is 2.42. The topological polar surface area (TPSA) is 66.8 Å². The molecular weight excluding hydrogens is 270 g/mol. The molecule has 2 saturated heterocycles. The number of carboxylic acids is 1. The third kappa shape index (κ3) is 3.57. The van der Waals surface area contributed by atoms with Gasteiger partial charge in [-0.3, -0.25) is 9.59 Å². The van der Waals surface area contributed by atoms with Crippen LogP contribution in [0.4, 0.5) is 0 Å². The van der Waals surface area contributed by atoms with Crippen molar-refractivity contribution in [3.63, 3.8) is 0 Å². The molecule has 21 heavy (non-hydrogen) atoms. The Morgan fingerprint density at radius 3 is 2.67 bits per heavy atom. The van der Waals surface area contributed by atoms with E-state index in [-0.39, 0.29) is 17.2 Å². The number of hydrogen-bond donors (Lipinski definition) is 1. The van der Waals surface area contributed by atoms with Gasteiger partial charge in [-0.25, -0.2) is 0 Å². The Morgan fingerprint density at radius 2 is 2.10 bits per heavy atom. The molecule has 0 aliphatic carbocycles. The highest BCUT2D eigenvalue weighted by molar-refractivity contribution is 5.81. The van der Waals surface area contributed by atoms with Gasteiger partial charge in [-0.2, -0.15) is 0 Å². The number of carbonyl (C=O) groups excluding carboxylic acids is 1. The zero-order valence-electron chi connectivity index (χ0n) is 13.4. The van der Waals surface area contributed by atoms with Crippen LogP contribution < -0.4 is 0 Å². The first-order valence-electron chi connectivity index (χ1n) is 7.83. The smallest absolute Gasteiger partial charge is 0.311 e. The monoisotopic (exact) mass is 297 g/mol. The highest BCUT2D eigenvalue weighted by atomic mass is 16.5. The number of ether oxygens (including phenoxy) is 1. The van der Waals surface area contributed by atoms with Gasteiger partial charge in [0.1, 0.15) is 0 Å². The lowest BCUT2D eigenvalue weighted by atomic mass is 9.74. The molecule has 120 valence electrons. The van der Waals surface area contributed by atoms with Crippen molar-refractivity contribution in [1.82, 2.24) is 4.90 Å². The SMILES string of the molecule is CC(C)(C)CCCC(=O)N1C[C@H]2COCC[C@@]2(C(=O)O)C1. The second-order valence-electron chi connectivity index (χ2n) is 7.67. The first-order valence-corrected chi connectivity index (χ1v) is 7.83. The average Bonchev–Trinajstić information content (AvgIpc) is 2.77. The standard InChI is InChI=1S/C16H27NO4/c1-15(2,3)6-4-5-13(18)17-9-12-10-21-8-7-16(12,11-17)14(19)20/h12H,4-11H2,1-3H3,(H,19,20)/t12-,16+/m0/s1. The van der Waals surface area contributed by atoms with Gasteiger partial charge < -0.3 is 14.7 Å². The lowest BCUT2D eigenvalue weighted by Gasteiger charge is -2.33.